The fourth-order valence-corrected chi connectivity index (χ4v) is 4.13. The number of ether oxygens (including phenoxy) is 2. The topological polar surface area (TPSA) is 24.9 Å². The molecule has 1 atom stereocenters. The second-order valence-electron chi connectivity index (χ2n) is 7.95. The van der Waals surface area contributed by atoms with Gasteiger partial charge in [0.25, 0.3) is 0 Å². The summed E-state index contributed by atoms with van der Waals surface area (Å²) in [7, 11) is 5.67. The Kier molecular flexibility index (Phi) is 7.75. The Morgan fingerprint density at radius 1 is 0.929 bits per heavy atom. The highest BCUT2D eigenvalue weighted by atomic mass is 16.5. The van der Waals surface area contributed by atoms with Gasteiger partial charge in [0.2, 0.25) is 0 Å². The van der Waals surface area contributed by atoms with Gasteiger partial charge in [-0.3, -0.25) is 0 Å². The number of nitrogens with zero attached hydrogens (tertiary/aromatic N) is 2. The Morgan fingerprint density at radius 2 is 1.54 bits per heavy atom. The summed E-state index contributed by atoms with van der Waals surface area (Å²) in [5, 5.41) is 0. The van der Waals surface area contributed by atoms with Gasteiger partial charge in [-0.2, -0.15) is 0 Å². The molecule has 152 valence electrons. The van der Waals surface area contributed by atoms with E-state index in [2.05, 4.69) is 53.2 Å². The SMILES string of the molecule is COc1ccc(CCN2CCC[C@@H](CN(C)Cc3ccc(OC)cc3)C2)cc1. The summed E-state index contributed by atoms with van der Waals surface area (Å²) in [5.74, 6) is 2.61. The van der Waals surface area contributed by atoms with E-state index in [1.54, 1.807) is 14.2 Å². The van der Waals surface area contributed by atoms with Gasteiger partial charge in [-0.1, -0.05) is 24.3 Å². The Labute approximate surface area is 170 Å². The highest BCUT2D eigenvalue weighted by Crippen LogP contribution is 2.20. The van der Waals surface area contributed by atoms with Gasteiger partial charge in [-0.25, -0.2) is 0 Å². The number of benzene rings is 2. The lowest BCUT2D eigenvalue weighted by Crippen LogP contribution is -2.40. The normalized spacial score (nSPS) is 17.6. The zero-order valence-corrected chi connectivity index (χ0v) is 17.6. The molecular weight excluding hydrogens is 348 g/mol. The predicted octanol–water partition coefficient (Wildman–Crippen LogP) is 4.09. The van der Waals surface area contributed by atoms with E-state index < -0.39 is 0 Å². The molecule has 4 nitrogen and oxygen atoms in total. The zero-order valence-electron chi connectivity index (χ0n) is 17.6. The minimum atomic E-state index is 0.757. The van der Waals surface area contributed by atoms with E-state index in [9.17, 15) is 0 Å². The van der Waals surface area contributed by atoms with E-state index in [0.717, 1.165) is 43.5 Å². The lowest BCUT2D eigenvalue weighted by atomic mass is 9.97. The van der Waals surface area contributed by atoms with Crippen molar-refractivity contribution in [3.8, 4) is 11.5 Å². The minimum absolute atomic E-state index is 0.757. The zero-order chi connectivity index (χ0) is 19.8. The van der Waals surface area contributed by atoms with Crippen molar-refractivity contribution >= 4 is 0 Å². The van der Waals surface area contributed by atoms with Crippen LogP contribution in [0.25, 0.3) is 0 Å². The van der Waals surface area contributed by atoms with Crippen molar-refractivity contribution in [1.29, 1.82) is 0 Å². The van der Waals surface area contributed by atoms with Crippen molar-refractivity contribution in [3.05, 3.63) is 59.7 Å². The van der Waals surface area contributed by atoms with Gasteiger partial charge in [0.15, 0.2) is 0 Å². The van der Waals surface area contributed by atoms with Crippen LogP contribution in [0.5, 0.6) is 11.5 Å². The molecular formula is C24H34N2O2. The summed E-state index contributed by atoms with van der Waals surface area (Å²) < 4.78 is 10.5. The van der Waals surface area contributed by atoms with E-state index >= 15 is 0 Å². The fraction of sp³-hybridized carbons (Fsp3) is 0.500. The monoisotopic (exact) mass is 382 g/mol. The van der Waals surface area contributed by atoms with Crippen LogP contribution in [0.15, 0.2) is 48.5 Å². The van der Waals surface area contributed by atoms with E-state index in [1.165, 1.54) is 37.1 Å². The largest absolute Gasteiger partial charge is 0.497 e. The number of rotatable bonds is 9. The highest BCUT2D eigenvalue weighted by Gasteiger charge is 2.21. The van der Waals surface area contributed by atoms with Gasteiger partial charge in [-0.05, 0) is 74.2 Å². The van der Waals surface area contributed by atoms with Crippen molar-refractivity contribution < 1.29 is 9.47 Å². The van der Waals surface area contributed by atoms with Crippen LogP contribution in [0.1, 0.15) is 24.0 Å². The van der Waals surface area contributed by atoms with Crippen molar-refractivity contribution in [2.45, 2.75) is 25.8 Å². The highest BCUT2D eigenvalue weighted by molar-refractivity contribution is 5.28. The Morgan fingerprint density at radius 3 is 2.14 bits per heavy atom. The lowest BCUT2D eigenvalue weighted by Gasteiger charge is -2.34. The predicted molar refractivity (Wildman–Crippen MR) is 115 cm³/mol. The molecule has 4 heteroatoms. The second kappa shape index (κ2) is 10.5. The van der Waals surface area contributed by atoms with Crippen LogP contribution in [-0.2, 0) is 13.0 Å². The summed E-state index contributed by atoms with van der Waals surface area (Å²) in [5.41, 5.74) is 2.73. The molecule has 0 spiro atoms. The van der Waals surface area contributed by atoms with Crippen molar-refractivity contribution in [3.63, 3.8) is 0 Å². The van der Waals surface area contributed by atoms with Crippen LogP contribution in [0.2, 0.25) is 0 Å². The van der Waals surface area contributed by atoms with Crippen molar-refractivity contribution in [2.75, 3.05) is 47.4 Å². The van der Waals surface area contributed by atoms with E-state index in [1.807, 2.05) is 12.1 Å². The molecule has 1 saturated heterocycles. The molecule has 0 N–H and O–H groups in total. The van der Waals surface area contributed by atoms with Crippen LogP contribution in [0, 0.1) is 5.92 Å². The maximum atomic E-state index is 5.25. The average molecular weight is 383 g/mol. The van der Waals surface area contributed by atoms with Crippen LogP contribution in [-0.4, -0.2) is 57.2 Å². The molecule has 0 radical (unpaired) electrons. The number of likely N-dealkylation sites (tertiary alicyclic amines) is 1. The molecule has 0 unspecified atom stereocenters. The summed E-state index contributed by atoms with van der Waals surface area (Å²) in [6, 6.07) is 16.9. The molecule has 0 aliphatic carbocycles. The van der Waals surface area contributed by atoms with Crippen LogP contribution in [0.3, 0.4) is 0 Å². The van der Waals surface area contributed by atoms with Crippen LogP contribution >= 0.6 is 0 Å². The molecule has 1 heterocycles. The summed E-state index contributed by atoms with van der Waals surface area (Å²) in [6.45, 7) is 5.74. The first-order valence-electron chi connectivity index (χ1n) is 10.3. The third-order valence-electron chi connectivity index (χ3n) is 5.66. The average Bonchev–Trinajstić information content (AvgIpc) is 2.73. The molecule has 0 amide bonds. The van der Waals surface area contributed by atoms with Gasteiger partial charge in [0.1, 0.15) is 11.5 Å². The summed E-state index contributed by atoms with van der Waals surface area (Å²) >= 11 is 0. The summed E-state index contributed by atoms with van der Waals surface area (Å²) in [4.78, 5) is 5.10. The summed E-state index contributed by atoms with van der Waals surface area (Å²) in [6.07, 6.45) is 3.76. The van der Waals surface area contributed by atoms with Gasteiger partial charge in [0.05, 0.1) is 14.2 Å². The van der Waals surface area contributed by atoms with Crippen LogP contribution in [0.4, 0.5) is 0 Å². The number of hydrogen-bond donors (Lipinski definition) is 0. The number of piperidine rings is 1. The first-order valence-corrected chi connectivity index (χ1v) is 10.3. The number of hydrogen-bond acceptors (Lipinski definition) is 4. The molecule has 2 aromatic carbocycles. The van der Waals surface area contributed by atoms with E-state index in [4.69, 9.17) is 9.47 Å². The maximum absolute atomic E-state index is 5.25. The third-order valence-corrected chi connectivity index (χ3v) is 5.66. The first-order chi connectivity index (χ1) is 13.7. The van der Waals surface area contributed by atoms with Crippen LogP contribution < -0.4 is 9.47 Å². The molecule has 0 aromatic heterocycles. The molecule has 1 fully saturated rings. The fourth-order valence-electron chi connectivity index (χ4n) is 4.13. The molecule has 0 bridgehead atoms. The standard InChI is InChI=1S/C24H34N2O2/c1-25(17-21-8-12-24(28-3)13-9-21)18-22-5-4-15-26(19-22)16-14-20-6-10-23(27-2)11-7-20/h6-13,22H,4-5,14-19H2,1-3H3/t22-/m0/s1. The maximum Gasteiger partial charge on any atom is 0.118 e. The molecule has 2 aromatic rings. The first kappa shape index (κ1) is 20.7. The minimum Gasteiger partial charge on any atom is -0.497 e. The Hall–Kier alpha value is -2.04. The van der Waals surface area contributed by atoms with Gasteiger partial charge < -0.3 is 19.3 Å². The van der Waals surface area contributed by atoms with Crippen molar-refractivity contribution in [2.24, 2.45) is 5.92 Å². The molecule has 0 saturated carbocycles. The van der Waals surface area contributed by atoms with Crippen molar-refractivity contribution in [1.82, 2.24) is 9.80 Å². The smallest absolute Gasteiger partial charge is 0.118 e. The second-order valence-corrected chi connectivity index (χ2v) is 7.95. The van der Waals surface area contributed by atoms with Gasteiger partial charge >= 0.3 is 0 Å². The van der Waals surface area contributed by atoms with E-state index in [-0.39, 0.29) is 0 Å². The molecule has 1 aliphatic rings. The quantitative estimate of drug-likeness (QED) is 0.652. The molecule has 3 rings (SSSR count). The lowest BCUT2D eigenvalue weighted by molar-refractivity contribution is 0.142. The van der Waals surface area contributed by atoms with Gasteiger partial charge in [-0.15, -0.1) is 0 Å². The Balaban J connectivity index is 1.43. The molecule has 28 heavy (non-hydrogen) atoms. The third kappa shape index (κ3) is 6.25. The van der Waals surface area contributed by atoms with Gasteiger partial charge in [0, 0.05) is 26.2 Å². The Bertz CT molecular complexity index is 700. The molecule has 1 aliphatic heterocycles. The number of methoxy groups -OCH3 is 2. The van der Waals surface area contributed by atoms with E-state index in [0.29, 0.717) is 0 Å².